The van der Waals surface area contributed by atoms with Gasteiger partial charge in [0.25, 0.3) is 0 Å². The van der Waals surface area contributed by atoms with Crippen molar-refractivity contribution in [2.45, 2.75) is 61.9 Å². The minimum atomic E-state index is -0.722. The SMILES string of the molecule is N#CC1(NC(=O)CSc2n[nH]c(=O)n2CC2CCCO2)CCCC1. The zero-order valence-corrected chi connectivity index (χ0v) is 14.2. The first-order valence-corrected chi connectivity index (χ1v) is 9.22. The Labute approximate surface area is 143 Å². The standard InChI is InChI=1S/C15H21N5O3S/c16-10-15(5-1-2-6-15)17-12(21)9-24-14-19-18-13(22)20(14)8-11-4-3-7-23-11/h11H,1-9H2,(H,17,21)(H,18,22). The molecular formula is C15H21N5O3S. The Bertz CT molecular complexity index is 680. The number of aromatic amines is 1. The second kappa shape index (κ2) is 7.40. The van der Waals surface area contributed by atoms with Gasteiger partial charge in [0.05, 0.1) is 24.5 Å². The lowest BCUT2D eigenvalue weighted by Gasteiger charge is -2.21. The average molecular weight is 351 g/mol. The van der Waals surface area contributed by atoms with Crippen LogP contribution < -0.4 is 11.0 Å². The topological polar surface area (TPSA) is 113 Å². The molecule has 130 valence electrons. The number of aromatic nitrogens is 3. The van der Waals surface area contributed by atoms with Crippen molar-refractivity contribution in [2.24, 2.45) is 0 Å². The number of hydrogen-bond donors (Lipinski definition) is 2. The molecule has 1 aliphatic carbocycles. The highest BCUT2D eigenvalue weighted by Crippen LogP contribution is 2.29. The smallest absolute Gasteiger partial charge is 0.344 e. The summed E-state index contributed by atoms with van der Waals surface area (Å²) in [5.41, 5.74) is -1.02. The molecule has 9 heteroatoms. The van der Waals surface area contributed by atoms with Crippen molar-refractivity contribution >= 4 is 17.7 Å². The van der Waals surface area contributed by atoms with Crippen LogP contribution in [0.15, 0.2) is 9.95 Å². The number of rotatable bonds is 6. The van der Waals surface area contributed by atoms with Crippen LogP contribution in [0.3, 0.4) is 0 Å². The van der Waals surface area contributed by atoms with Gasteiger partial charge in [0.2, 0.25) is 5.91 Å². The predicted octanol–water partition coefficient (Wildman–Crippen LogP) is 0.795. The van der Waals surface area contributed by atoms with Crippen LogP contribution in [0, 0.1) is 11.3 Å². The van der Waals surface area contributed by atoms with E-state index in [4.69, 9.17) is 4.74 Å². The van der Waals surface area contributed by atoms with Gasteiger partial charge in [-0.25, -0.2) is 9.89 Å². The van der Waals surface area contributed by atoms with Crippen LogP contribution in [0.5, 0.6) is 0 Å². The summed E-state index contributed by atoms with van der Waals surface area (Å²) in [4.78, 5) is 24.0. The van der Waals surface area contributed by atoms with E-state index in [9.17, 15) is 14.9 Å². The second-order valence-corrected chi connectivity index (χ2v) is 7.24. The molecule has 1 unspecified atom stereocenters. The quantitative estimate of drug-likeness (QED) is 0.733. The molecule has 0 bridgehead atoms. The molecule has 1 amide bonds. The summed E-state index contributed by atoms with van der Waals surface area (Å²) in [6, 6.07) is 2.24. The Morgan fingerprint density at radius 2 is 2.29 bits per heavy atom. The molecule has 1 saturated heterocycles. The summed E-state index contributed by atoms with van der Waals surface area (Å²) in [6.45, 7) is 1.17. The van der Waals surface area contributed by atoms with E-state index in [1.54, 1.807) is 0 Å². The number of nitrogens with one attached hydrogen (secondary N) is 2. The molecule has 1 saturated carbocycles. The summed E-state index contributed by atoms with van der Waals surface area (Å²) < 4.78 is 7.07. The molecule has 1 aromatic heterocycles. The molecule has 2 fully saturated rings. The zero-order valence-electron chi connectivity index (χ0n) is 13.4. The van der Waals surface area contributed by atoms with Gasteiger partial charge in [-0.2, -0.15) is 5.26 Å². The Balaban J connectivity index is 1.57. The van der Waals surface area contributed by atoms with E-state index in [2.05, 4.69) is 21.6 Å². The first kappa shape index (κ1) is 17.0. The Kier molecular flexibility index (Phi) is 5.26. The molecule has 0 radical (unpaired) electrons. The summed E-state index contributed by atoms with van der Waals surface area (Å²) in [6.07, 6.45) is 5.26. The molecule has 1 aliphatic heterocycles. The molecule has 2 heterocycles. The number of H-pyrrole nitrogens is 1. The van der Waals surface area contributed by atoms with Crippen molar-refractivity contribution in [1.82, 2.24) is 20.1 Å². The van der Waals surface area contributed by atoms with Crippen LogP contribution in [-0.2, 0) is 16.1 Å². The predicted molar refractivity (Wildman–Crippen MR) is 87.5 cm³/mol. The molecular weight excluding hydrogens is 330 g/mol. The van der Waals surface area contributed by atoms with Crippen LogP contribution in [0.25, 0.3) is 0 Å². The van der Waals surface area contributed by atoms with Gasteiger partial charge >= 0.3 is 5.69 Å². The Morgan fingerprint density at radius 3 is 2.96 bits per heavy atom. The highest BCUT2D eigenvalue weighted by atomic mass is 32.2. The van der Waals surface area contributed by atoms with Crippen molar-refractivity contribution in [1.29, 1.82) is 5.26 Å². The van der Waals surface area contributed by atoms with Crippen LogP contribution >= 0.6 is 11.8 Å². The molecule has 8 nitrogen and oxygen atoms in total. The molecule has 3 rings (SSSR count). The van der Waals surface area contributed by atoms with Crippen LogP contribution in [0.1, 0.15) is 38.5 Å². The summed E-state index contributed by atoms with van der Waals surface area (Å²) >= 11 is 1.20. The van der Waals surface area contributed by atoms with E-state index >= 15 is 0 Å². The molecule has 24 heavy (non-hydrogen) atoms. The van der Waals surface area contributed by atoms with Gasteiger partial charge < -0.3 is 10.1 Å². The fourth-order valence-corrected chi connectivity index (χ4v) is 4.00. The van der Waals surface area contributed by atoms with Gasteiger partial charge in [0.15, 0.2) is 5.16 Å². The van der Waals surface area contributed by atoms with Crippen molar-refractivity contribution < 1.29 is 9.53 Å². The van der Waals surface area contributed by atoms with Gasteiger partial charge in [-0.15, -0.1) is 5.10 Å². The van der Waals surface area contributed by atoms with E-state index < -0.39 is 5.54 Å². The van der Waals surface area contributed by atoms with Crippen LogP contribution in [-0.4, -0.2) is 44.7 Å². The first-order valence-electron chi connectivity index (χ1n) is 8.24. The summed E-state index contributed by atoms with van der Waals surface area (Å²) in [5, 5.41) is 19.0. The van der Waals surface area contributed by atoms with E-state index in [0.717, 1.165) is 32.3 Å². The molecule has 2 N–H and O–H groups in total. The number of nitriles is 1. The van der Waals surface area contributed by atoms with Crippen LogP contribution in [0.4, 0.5) is 0 Å². The van der Waals surface area contributed by atoms with Gasteiger partial charge in [-0.1, -0.05) is 11.8 Å². The third-order valence-corrected chi connectivity index (χ3v) is 5.49. The third kappa shape index (κ3) is 3.82. The molecule has 1 atom stereocenters. The fourth-order valence-electron chi connectivity index (χ4n) is 3.24. The maximum atomic E-state index is 12.2. The summed E-state index contributed by atoms with van der Waals surface area (Å²) in [5.74, 6) is -0.0817. The number of carbonyl (C=O) groups is 1. The van der Waals surface area contributed by atoms with Crippen molar-refractivity contribution in [3.8, 4) is 6.07 Å². The maximum absolute atomic E-state index is 12.2. The Morgan fingerprint density at radius 1 is 1.50 bits per heavy atom. The molecule has 0 spiro atoms. The summed E-state index contributed by atoms with van der Waals surface area (Å²) in [7, 11) is 0. The highest BCUT2D eigenvalue weighted by Gasteiger charge is 2.35. The molecule has 2 aliphatic rings. The van der Waals surface area contributed by atoms with Gasteiger partial charge in [-0.3, -0.25) is 9.36 Å². The minimum absolute atomic E-state index is 0.0221. The van der Waals surface area contributed by atoms with Crippen LogP contribution in [0.2, 0.25) is 0 Å². The van der Waals surface area contributed by atoms with Gasteiger partial charge in [0, 0.05) is 6.61 Å². The van der Waals surface area contributed by atoms with E-state index in [-0.39, 0.29) is 23.5 Å². The highest BCUT2D eigenvalue weighted by molar-refractivity contribution is 7.99. The third-order valence-electron chi connectivity index (χ3n) is 4.52. The molecule has 0 aromatic carbocycles. The second-order valence-electron chi connectivity index (χ2n) is 6.29. The lowest BCUT2D eigenvalue weighted by atomic mass is 10.0. The van der Waals surface area contributed by atoms with E-state index in [1.807, 2.05) is 0 Å². The number of thioether (sulfide) groups is 1. The number of carbonyl (C=O) groups excluding carboxylic acids is 1. The van der Waals surface area contributed by atoms with E-state index in [1.165, 1.54) is 16.3 Å². The van der Waals surface area contributed by atoms with E-state index in [0.29, 0.717) is 24.5 Å². The zero-order chi connectivity index (χ0) is 17.0. The Hall–Kier alpha value is -1.79. The van der Waals surface area contributed by atoms with Gasteiger partial charge in [0.1, 0.15) is 5.54 Å². The number of nitrogens with zero attached hydrogens (tertiary/aromatic N) is 3. The first-order chi connectivity index (χ1) is 11.6. The minimum Gasteiger partial charge on any atom is -0.376 e. The lowest BCUT2D eigenvalue weighted by molar-refractivity contribution is -0.119. The number of amides is 1. The molecule has 1 aromatic rings. The van der Waals surface area contributed by atoms with Crippen molar-refractivity contribution in [3.05, 3.63) is 10.5 Å². The van der Waals surface area contributed by atoms with Crippen molar-refractivity contribution in [3.63, 3.8) is 0 Å². The maximum Gasteiger partial charge on any atom is 0.344 e. The largest absolute Gasteiger partial charge is 0.376 e. The fraction of sp³-hybridized carbons (Fsp3) is 0.733. The van der Waals surface area contributed by atoms with Crippen molar-refractivity contribution in [2.75, 3.05) is 12.4 Å². The number of ether oxygens (including phenoxy) is 1. The normalized spacial score (nSPS) is 22.4. The number of hydrogen-bond acceptors (Lipinski definition) is 6. The van der Waals surface area contributed by atoms with Gasteiger partial charge in [-0.05, 0) is 38.5 Å². The lowest BCUT2D eigenvalue weighted by Crippen LogP contribution is -2.45. The average Bonchev–Trinajstić information content (AvgIpc) is 3.30. The monoisotopic (exact) mass is 351 g/mol.